The minimum atomic E-state index is -0.179. The van der Waals surface area contributed by atoms with Crippen LogP contribution in [0.25, 0.3) is 0 Å². The highest BCUT2D eigenvalue weighted by Gasteiger charge is 2.26. The third-order valence-electron chi connectivity index (χ3n) is 3.35. The predicted octanol–water partition coefficient (Wildman–Crippen LogP) is 2.41. The Hall–Kier alpha value is -0.970. The molecule has 110 valence electrons. The van der Waals surface area contributed by atoms with Crippen LogP contribution in [0.3, 0.4) is 0 Å². The summed E-state index contributed by atoms with van der Waals surface area (Å²) in [5.41, 5.74) is 0.703. The minimum absolute atomic E-state index is 0.0939. The zero-order valence-electron chi connectivity index (χ0n) is 12.5. The van der Waals surface area contributed by atoms with Crippen LogP contribution >= 0.6 is 11.8 Å². The highest BCUT2D eigenvalue weighted by molar-refractivity contribution is 8.00. The summed E-state index contributed by atoms with van der Waals surface area (Å²) in [5.74, 6) is -0.179. The van der Waals surface area contributed by atoms with Gasteiger partial charge in [0.05, 0.1) is 11.3 Å². The summed E-state index contributed by atoms with van der Waals surface area (Å²) in [5, 5.41) is 2.81. The molecule has 1 unspecified atom stereocenters. The number of nitrogens with zero attached hydrogens (tertiary/aromatic N) is 1. The van der Waals surface area contributed by atoms with Gasteiger partial charge in [0.1, 0.15) is 0 Å². The molecule has 1 N–H and O–H groups in total. The number of amides is 2. The van der Waals surface area contributed by atoms with Crippen LogP contribution in [0.2, 0.25) is 0 Å². The van der Waals surface area contributed by atoms with Gasteiger partial charge in [-0.25, -0.2) is 0 Å². The molecule has 0 spiro atoms. The van der Waals surface area contributed by atoms with Crippen molar-refractivity contribution in [3.63, 3.8) is 0 Å². The lowest BCUT2D eigenvalue weighted by atomic mass is 10.0. The Bertz CT molecular complexity index is 315. The quantitative estimate of drug-likeness (QED) is 0.627. The average molecular weight is 286 g/mol. The van der Waals surface area contributed by atoms with E-state index in [9.17, 15) is 9.59 Å². The predicted molar refractivity (Wildman–Crippen MR) is 82.0 cm³/mol. The second kappa shape index (κ2) is 9.02. The number of unbranched alkanes of at least 4 members (excludes halogenated alkanes) is 1. The van der Waals surface area contributed by atoms with Crippen LogP contribution in [0, 0.1) is 0 Å². The van der Waals surface area contributed by atoms with Crippen LogP contribution < -0.4 is 5.32 Å². The van der Waals surface area contributed by atoms with Gasteiger partial charge < -0.3 is 10.2 Å². The van der Waals surface area contributed by atoms with Gasteiger partial charge in [-0.1, -0.05) is 26.8 Å². The van der Waals surface area contributed by atoms with E-state index in [0.717, 1.165) is 25.7 Å². The van der Waals surface area contributed by atoms with Gasteiger partial charge >= 0.3 is 0 Å². The van der Waals surface area contributed by atoms with Gasteiger partial charge in [0.25, 0.3) is 0 Å². The summed E-state index contributed by atoms with van der Waals surface area (Å²) in [6.07, 6.45) is 5.52. The summed E-state index contributed by atoms with van der Waals surface area (Å²) in [7, 11) is 0. The van der Waals surface area contributed by atoms with Crippen molar-refractivity contribution in [2.75, 3.05) is 19.3 Å². The van der Waals surface area contributed by atoms with Crippen LogP contribution in [0.1, 0.15) is 40.0 Å². The molecule has 0 bridgehead atoms. The van der Waals surface area contributed by atoms with E-state index >= 15 is 0 Å². The zero-order valence-corrected chi connectivity index (χ0v) is 13.3. The monoisotopic (exact) mass is 286 g/mol. The molecular weight excluding hydrogens is 260 g/mol. The fourth-order valence-corrected chi connectivity index (χ4v) is 2.12. The van der Waals surface area contributed by atoms with E-state index in [1.807, 2.05) is 6.26 Å². The van der Waals surface area contributed by atoms with Gasteiger partial charge in [0.2, 0.25) is 12.3 Å². The maximum Gasteiger partial charge on any atom is 0.243 e. The number of rotatable bonds is 10. The number of hydrogen-bond acceptors (Lipinski definition) is 3. The van der Waals surface area contributed by atoms with Crippen LogP contribution in [0.5, 0.6) is 0 Å². The topological polar surface area (TPSA) is 49.4 Å². The molecule has 0 aromatic heterocycles. The van der Waals surface area contributed by atoms with E-state index in [4.69, 9.17) is 0 Å². The Morgan fingerprint density at radius 2 is 2.11 bits per heavy atom. The summed E-state index contributed by atoms with van der Waals surface area (Å²) in [4.78, 5) is 24.2. The minimum Gasteiger partial charge on any atom is -0.336 e. The lowest BCUT2D eigenvalue weighted by Crippen LogP contribution is -2.40. The number of thioether (sulfide) groups is 1. The molecule has 0 aliphatic carbocycles. The van der Waals surface area contributed by atoms with Crippen molar-refractivity contribution < 1.29 is 9.59 Å². The second-order valence-electron chi connectivity index (χ2n) is 4.74. The first-order chi connectivity index (χ1) is 8.93. The Morgan fingerprint density at radius 1 is 1.47 bits per heavy atom. The van der Waals surface area contributed by atoms with Gasteiger partial charge in [0, 0.05) is 12.2 Å². The van der Waals surface area contributed by atoms with Crippen LogP contribution in [-0.4, -0.2) is 41.3 Å². The molecule has 0 heterocycles. The molecule has 4 nitrogen and oxygen atoms in total. The number of nitrogens with one attached hydrogen (secondary N) is 1. The largest absolute Gasteiger partial charge is 0.336 e. The first-order valence-corrected chi connectivity index (χ1v) is 7.89. The fraction of sp³-hybridized carbons (Fsp3) is 0.714. The molecule has 0 aromatic rings. The molecule has 1 atom stereocenters. The van der Waals surface area contributed by atoms with Gasteiger partial charge in [0.15, 0.2) is 0 Å². The standard InChI is InChI=1S/C14H26N2O2S/c1-6-8-9-16(11-17)10-13(18)15-12(3)14(4,7-2)19-5/h11H,3,6-10H2,1-2,4-5H3,(H,15,18). The first kappa shape index (κ1) is 18.0. The SMILES string of the molecule is C=C(NC(=O)CN(C=O)CCCC)C(C)(CC)SC. The summed E-state index contributed by atoms with van der Waals surface area (Å²) in [6, 6.07) is 0. The van der Waals surface area contributed by atoms with Crippen LogP contribution in [0.15, 0.2) is 12.3 Å². The van der Waals surface area contributed by atoms with E-state index in [0.29, 0.717) is 12.2 Å². The van der Waals surface area contributed by atoms with Crippen molar-refractivity contribution in [2.45, 2.75) is 44.8 Å². The van der Waals surface area contributed by atoms with Crippen molar-refractivity contribution in [3.8, 4) is 0 Å². The van der Waals surface area contributed by atoms with E-state index in [1.54, 1.807) is 11.8 Å². The Morgan fingerprint density at radius 3 is 2.53 bits per heavy atom. The number of carbonyl (C=O) groups excluding carboxylic acids is 2. The molecule has 0 rings (SSSR count). The van der Waals surface area contributed by atoms with Crippen molar-refractivity contribution >= 4 is 24.1 Å². The summed E-state index contributed by atoms with van der Waals surface area (Å²) in [6.45, 7) is 10.8. The molecule has 0 radical (unpaired) electrons. The molecule has 19 heavy (non-hydrogen) atoms. The molecular formula is C14H26N2O2S. The Labute approximate surface area is 121 Å². The zero-order chi connectivity index (χ0) is 14.9. The lowest BCUT2D eigenvalue weighted by Gasteiger charge is -2.29. The molecule has 0 saturated carbocycles. The fourth-order valence-electron chi connectivity index (χ4n) is 1.54. The van der Waals surface area contributed by atoms with E-state index < -0.39 is 0 Å². The molecule has 2 amide bonds. The van der Waals surface area contributed by atoms with Crippen molar-refractivity contribution in [3.05, 3.63) is 12.3 Å². The third kappa shape index (κ3) is 6.14. The van der Waals surface area contributed by atoms with Crippen LogP contribution in [-0.2, 0) is 9.59 Å². The summed E-state index contributed by atoms with van der Waals surface area (Å²) >= 11 is 1.66. The molecule has 0 fully saturated rings. The van der Waals surface area contributed by atoms with E-state index in [-0.39, 0.29) is 17.2 Å². The lowest BCUT2D eigenvalue weighted by molar-refractivity contribution is -0.127. The highest BCUT2D eigenvalue weighted by Crippen LogP contribution is 2.31. The Balaban J connectivity index is 4.37. The summed E-state index contributed by atoms with van der Waals surface area (Å²) < 4.78 is -0.162. The van der Waals surface area contributed by atoms with E-state index in [1.165, 1.54) is 4.90 Å². The van der Waals surface area contributed by atoms with Crippen LogP contribution in [0.4, 0.5) is 0 Å². The van der Waals surface area contributed by atoms with Gasteiger partial charge in [-0.3, -0.25) is 9.59 Å². The second-order valence-corrected chi connectivity index (χ2v) is 6.05. The average Bonchev–Trinajstić information content (AvgIpc) is 2.42. The molecule has 0 aliphatic heterocycles. The van der Waals surface area contributed by atoms with Gasteiger partial charge in [-0.2, -0.15) is 11.8 Å². The molecule has 5 heteroatoms. The third-order valence-corrected chi connectivity index (χ3v) is 4.78. The molecule has 0 saturated heterocycles. The highest BCUT2D eigenvalue weighted by atomic mass is 32.2. The Kier molecular flexibility index (Phi) is 8.56. The van der Waals surface area contributed by atoms with Gasteiger partial charge in [-0.15, -0.1) is 0 Å². The van der Waals surface area contributed by atoms with Gasteiger partial charge in [-0.05, 0) is 26.0 Å². The molecule has 0 aliphatic rings. The van der Waals surface area contributed by atoms with Crippen molar-refractivity contribution in [2.24, 2.45) is 0 Å². The number of hydrogen-bond donors (Lipinski definition) is 1. The van der Waals surface area contributed by atoms with Crippen molar-refractivity contribution in [1.29, 1.82) is 0 Å². The number of carbonyl (C=O) groups is 2. The smallest absolute Gasteiger partial charge is 0.243 e. The first-order valence-electron chi connectivity index (χ1n) is 6.67. The maximum atomic E-state index is 11.9. The van der Waals surface area contributed by atoms with Crippen molar-refractivity contribution in [1.82, 2.24) is 10.2 Å². The normalized spacial score (nSPS) is 13.5. The van der Waals surface area contributed by atoms with E-state index in [2.05, 4.69) is 32.7 Å². The maximum absolute atomic E-state index is 11.9. The molecule has 0 aromatic carbocycles.